The number of thioether (sulfide) groups is 1. The predicted octanol–water partition coefficient (Wildman–Crippen LogP) is 6.07. The number of benzene rings is 1. The van der Waals surface area contributed by atoms with E-state index in [1.165, 1.54) is 6.42 Å². The number of nitrogens with one attached hydrogen (secondary N) is 2. The summed E-state index contributed by atoms with van der Waals surface area (Å²) in [6.07, 6.45) is 7.03. The molecule has 1 fully saturated rings. The molecule has 2 N–H and O–H groups in total. The topological polar surface area (TPSA) is 87.7 Å². The summed E-state index contributed by atoms with van der Waals surface area (Å²) in [6, 6.07) is 4.34. The van der Waals surface area contributed by atoms with Gasteiger partial charge >= 0.3 is 6.09 Å². The van der Waals surface area contributed by atoms with Crippen molar-refractivity contribution in [3.63, 3.8) is 0 Å². The fraction of sp³-hybridized carbons (Fsp3) is 0.700. The SMILES string of the molecule is CSCCC(NC(=O)OC(C)(C)C)C(=O)N(C(C(=O)NC1CCCCC1)c1cccc(C)c1C)C(C)(C)C. The van der Waals surface area contributed by atoms with E-state index in [9.17, 15) is 14.4 Å². The third-order valence-corrected chi connectivity index (χ3v) is 7.60. The van der Waals surface area contributed by atoms with Crippen molar-refractivity contribution < 1.29 is 19.1 Å². The second-order valence-electron chi connectivity index (χ2n) is 12.4. The monoisotopic (exact) mass is 547 g/mol. The van der Waals surface area contributed by atoms with Gasteiger partial charge in [0.05, 0.1) is 0 Å². The molecule has 0 heterocycles. The van der Waals surface area contributed by atoms with E-state index in [4.69, 9.17) is 4.74 Å². The zero-order valence-electron chi connectivity index (χ0n) is 24.9. The van der Waals surface area contributed by atoms with Crippen LogP contribution in [-0.2, 0) is 14.3 Å². The van der Waals surface area contributed by atoms with Crippen LogP contribution in [0.2, 0.25) is 0 Å². The van der Waals surface area contributed by atoms with E-state index < -0.39 is 29.3 Å². The highest BCUT2D eigenvalue weighted by Crippen LogP contribution is 2.33. The minimum Gasteiger partial charge on any atom is -0.444 e. The Balaban J connectivity index is 2.55. The maximum atomic E-state index is 14.4. The van der Waals surface area contributed by atoms with Crippen LogP contribution in [0.1, 0.15) is 103 Å². The number of nitrogens with zero attached hydrogens (tertiary/aromatic N) is 1. The number of amides is 3. The second-order valence-corrected chi connectivity index (χ2v) is 13.4. The van der Waals surface area contributed by atoms with Crippen LogP contribution in [0, 0.1) is 13.8 Å². The summed E-state index contributed by atoms with van der Waals surface area (Å²) < 4.78 is 5.48. The number of alkyl carbamates (subject to hydrolysis) is 1. The third-order valence-electron chi connectivity index (χ3n) is 6.96. The number of rotatable bonds is 9. The van der Waals surface area contributed by atoms with Crippen LogP contribution in [0.4, 0.5) is 4.79 Å². The van der Waals surface area contributed by atoms with Crippen LogP contribution in [0.3, 0.4) is 0 Å². The Hall–Kier alpha value is -2.22. The first-order valence-corrected chi connectivity index (χ1v) is 15.2. The second kappa shape index (κ2) is 13.7. The number of hydrogen-bond donors (Lipinski definition) is 2. The molecule has 1 saturated carbocycles. The molecule has 0 spiro atoms. The minimum atomic E-state index is -0.832. The van der Waals surface area contributed by atoms with Crippen molar-refractivity contribution in [2.24, 2.45) is 0 Å². The molecule has 0 bridgehead atoms. The van der Waals surface area contributed by atoms with Gasteiger partial charge < -0.3 is 20.3 Å². The molecule has 1 aliphatic carbocycles. The lowest BCUT2D eigenvalue weighted by atomic mass is 9.90. The van der Waals surface area contributed by atoms with E-state index >= 15 is 0 Å². The van der Waals surface area contributed by atoms with Crippen molar-refractivity contribution in [1.82, 2.24) is 15.5 Å². The Morgan fingerprint density at radius 3 is 2.24 bits per heavy atom. The highest BCUT2D eigenvalue weighted by Gasteiger charge is 2.42. The summed E-state index contributed by atoms with van der Waals surface area (Å²) in [5.41, 5.74) is 1.46. The van der Waals surface area contributed by atoms with Crippen LogP contribution in [0.5, 0.6) is 0 Å². The molecule has 2 atom stereocenters. The van der Waals surface area contributed by atoms with Gasteiger partial charge in [-0.05, 0) is 103 Å². The molecule has 1 aliphatic rings. The molecule has 214 valence electrons. The average molecular weight is 548 g/mol. The quantitative estimate of drug-likeness (QED) is 0.392. The smallest absolute Gasteiger partial charge is 0.408 e. The lowest BCUT2D eigenvalue weighted by Gasteiger charge is -2.44. The van der Waals surface area contributed by atoms with Gasteiger partial charge in [0.1, 0.15) is 17.7 Å². The van der Waals surface area contributed by atoms with Gasteiger partial charge in [-0.1, -0.05) is 37.5 Å². The molecular formula is C30H49N3O4S. The number of hydrogen-bond acceptors (Lipinski definition) is 5. The number of ether oxygens (including phenoxy) is 1. The van der Waals surface area contributed by atoms with Crippen LogP contribution in [-0.4, -0.2) is 58.0 Å². The van der Waals surface area contributed by atoms with Gasteiger partial charge in [0.2, 0.25) is 11.8 Å². The van der Waals surface area contributed by atoms with Crippen LogP contribution in [0.25, 0.3) is 0 Å². The summed E-state index contributed by atoms with van der Waals surface area (Å²) in [5.74, 6) is 0.212. The van der Waals surface area contributed by atoms with Crippen LogP contribution >= 0.6 is 11.8 Å². The molecule has 0 saturated heterocycles. The molecule has 0 aromatic heterocycles. The summed E-state index contributed by atoms with van der Waals surface area (Å²) in [4.78, 5) is 42.9. The van der Waals surface area contributed by atoms with Crippen molar-refractivity contribution >= 4 is 29.7 Å². The minimum absolute atomic E-state index is 0.105. The van der Waals surface area contributed by atoms with Gasteiger partial charge in [-0.25, -0.2) is 4.79 Å². The number of carbonyl (C=O) groups excluding carboxylic acids is 3. The van der Waals surface area contributed by atoms with E-state index in [1.807, 2.05) is 59.1 Å². The zero-order valence-corrected chi connectivity index (χ0v) is 25.7. The highest BCUT2D eigenvalue weighted by atomic mass is 32.2. The Kier molecular flexibility index (Phi) is 11.6. The Labute approximate surface area is 234 Å². The van der Waals surface area contributed by atoms with Crippen LogP contribution < -0.4 is 10.6 Å². The average Bonchev–Trinajstić information content (AvgIpc) is 2.80. The largest absolute Gasteiger partial charge is 0.444 e. The van der Waals surface area contributed by atoms with E-state index in [0.29, 0.717) is 12.2 Å². The maximum absolute atomic E-state index is 14.4. The van der Waals surface area contributed by atoms with E-state index in [2.05, 4.69) is 10.6 Å². The molecule has 0 radical (unpaired) electrons. The lowest BCUT2D eigenvalue weighted by molar-refractivity contribution is -0.148. The lowest BCUT2D eigenvalue weighted by Crippen LogP contribution is -2.59. The van der Waals surface area contributed by atoms with Crippen molar-refractivity contribution in [1.29, 1.82) is 0 Å². The van der Waals surface area contributed by atoms with Crippen molar-refractivity contribution in [3.05, 3.63) is 34.9 Å². The van der Waals surface area contributed by atoms with Crippen molar-refractivity contribution in [2.45, 2.75) is 123 Å². The van der Waals surface area contributed by atoms with Gasteiger partial charge in [-0.15, -0.1) is 0 Å². The molecule has 8 heteroatoms. The van der Waals surface area contributed by atoms with E-state index in [1.54, 1.807) is 37.4 Å². The molecule has 2 rings (SSSR count). The summed E-state index contributed by atoms with van der Waals surface area (Å²) in [5, 5.41) is 6.09. The third kappa shape index (κ3) is 9.21. The first kappa shape index (κ1) is 32.0. The van der Waals surface area contributed by atoms with Gasteiger partial charge in [-0.3, -0.25) is 9.59 Å². The maximum Gasteiger partial charge on any atom is 0.408 e. The normalized spacial score (nSPS) is 16.3. The van der Waals surface area contributed by atoms with Gasteiger partial charge in [-0.2, -0.15) is 11.8 Å². The summed E-state index contributed by atoms with van der Waals surface area (Å²) in [7, 11) is 0. The molecule has 0 aliphatic heterocycles. The molecule has 3 amide bonds. The van der Waals surface area contributed by atoms with E-state index in [0.717, 1.165) is 42.4 Å². The molecule has 38 heavy (non-hydrogen) atoms. The molecule has 1 aromatic rings. The Morgan fingerprint density at radius 2 is 1.68 bits per heavy atom. The van der Waals surface area contributed by atoms with Gasteiger partial charge in [0, 0.05) is 11.6 Å². The van der Waals surface area contributed by atoms with Crippen LogP contribution in [0.15, 0.2) is 18.2 Å². The predicted molar refractivity (Wildman–Crippen MR) is 156 cm³/mol. The number of carbonyl (C=O) groups is 3. The molecule has 2 unspecified atom stereocenters. The van der Waals surface area contributed by atoms with Crippen molar-refractivity contribution in [2.75, 3.05) is 12.0 Å². The van der Waals surface area contributed by atoms with Crippen molar-refractivity contribution in [3.8, 4) is 0 Å². The standard InChI is InChI=1S/C30H49N3O4S/c1-20-14-13-17-23(21(20)2)25(26(34)31-22-15-11-10-12-16-22)33(29(3,4)5)27(35)24(18-19-38-9)32-28(36)37-30(6,7)8/h13-14,17,22,24-25H,10-12,15-16,18-19H2,1-9H3,(H,31,34)(H,32,36). The molecule has 1 aromatic carbocycles. The Morgan fingerprint density at radius 1 is 1.05 bits per heavy atom. The highest BCUT2D eigenvalue weighted by molar-refractivity contribution is 7.98. The number of aryl methyl sites for hydroxylation is 1. The fourth-order valence-electron chi connectivity index (χ4n) is 4.95. The van der Waals surface area contributed by atoms with E-state index in [-0.39, 0.29) is 17.9 Å². The molecular weight excluding hydrogens is 498 g/mol. The van der Waals surface area contributed by atoms with Gasteiger partial charge in [0.25, 0.3) is 0 Å². The first-order chi connectivity index (χ1) is 17.7. The summed E-state index contributed by atoms with van der Waals surface area (Å²) in [6.45, 7) is 15.2. The first-order valence-electron chi connectivity index (χ1n) is 13.8. The van der Waals surface area contributed by atoms with Gasteiger partial charge in [0.15, 0.2) is 0 Å². The fourth-order valence-corrected chi connectivity index (χ4v) is 5.42. The summed E-state index contributed by atoms with van der Waals surface area (Å²) >= 11 is 1.60. The molecule has 7 nitrogen and oxygen atoms in total. The zero-order chi connectivity index (χ0) is 28.7. The Bertz CT molecular complexity index is 961.